The summed E-state index contributed by atoms with van der Waals surface area (Å²) in [6.45, 7) is 0. The second kappa shape index (κ2) is 7.03. The van der Waals surface area contributed by atoms with Crippen molar-refractivity contribution in [3.05, 3.63) is 107 Å². The van der Waals surface area contributed by atoms with E-state index in [1.54, 1.807) is 0 Å². The van der Waals surface area contributed by atoms with E-state index in [4.69, 9.17) is 4.42 Å². The summed E-state index contributed by atoms with van der Waals surface area (Å²) in [6.07, 6.45) is 0. The minimum atomic E-state index is -0.787. The predicted octanol–water partition coefficient (Wildman–Crippen LogP) is 5.23. The van der Waals surface area contributed by atoms with E-state index in [0.717, 1.165) is 29.1 Å². The van der Waals surface area contributed by atoms with Crippen LogP contribution in [0.5, 0.6) is 0 Å². The highest BCUT2D eigenvalue weighted by Crippen LogP contribution is 2.28. The van der Waals surface area contributed by atoms with E-state index in [-0.39, 0.29) is 5.56 Å². The third-order valence-electron chi connectivity index (χ3n) is 4.31. The second-order valence-electron chi connectivity index (χ2n) is 6.13. The van der Waals surface area contributed by atoms with Crippen LogP contribution in [-0.4, -0.2) is 5.91 Å². The molecule has 134 valence electrons. The van der Waals surface area contributed by atoms with Gasteiger partial charge >= 0.3 is 0 Å². The molecule has 0 aliphatic heterocycles. The molecule has 1 atom stereocenters. The first-order valence-electron chi connectivity index (χ1n) is 8.41. The van der Waals surface area contributed by atoms with Crippen LogP contribution in [0.3, 0.4) is 0 Å². The molecule has 0 radical (unpaired) electrons. The van der Waals surface area contributed by atoms with Crippen LogP contribution in [0.1, 0.15) is 27.7 Å². The predicted molar refractivity (Wildman–Crippen MR) is 98.3 cm³/mol. The molecule has 4 aromatic rings. The highest BCUT2D eigenvalue weighted by molar-refractivity contribution is 5.95. The Kier molecular flexibility index (Phi) is 4.42. The van der Waals surface area contributed by atoms with Gasteiger partial charge in [-0.1, -0.05) is 48.5 Å². The number of hydrogen-bond acceptors (Lipinski definition) is 2. The lowest BCUT2D eigenvalue weighted by Crippen LogP contribution is -2.29. The van der Waals surface area contributed by atoms with E-state index >= 15 is 0 Å². The number of hydrogen-bond donors (Lipinski definition) is 1. The summed E-state index contributed by atoms with van der Waals surface area (Å²) in [5.41, 5.74) is 1.09. The zero-order valence-electron chi connectivity index (χ0n) is 14.2. The van der Waals surface area contributed by atoms with Crippen LogP contribution >= 0.6 is 0 Å². The lowest BCUT2D eigenvalue weighted by molar-refractivity contribution is 0.0934. The summed E-state index contributed by atoms with van der Waals surface area (Å²) in [7, 11) is 0. The number of carbonyl (C=O) groups excluding carboxylic acids is 1. The standard InChI is InChI=1S/C22H15F2NO2/c23-16-10-11-18(24)17(13-16)22(26)25-21(14-6-2-1-3-7-14)20-12-15-8-4-5-9-19(15)27-20/h1-13,21H,(H,25,26). The first kappa shape index (κ1) is 17.0. The van der Waals surface area contributed by atoms with Crippen LogP contribution < -0.4 is 5.32 Å². The maximum Gasteiger partial charge on any atom is 0.255 e. The van der Waals surface area contributed by atoms with Gasteiger partial charge in [-0.25, -0.2) is 8.78 Å². The minimum absolute atomic E-state index is 0.355. The average molecular weight is 363 g/mol. The van der Waals surface area contributed by atoms with Gasteiger partial charge in [0.25, 0.3) is 5.91 Å². The minimum Gasteiger partial charge on any atom is -0.459 e. The van der Waals surface area contributed by atoms with Gasteiger partial charge in [-0.05, 0) is 35.9 Å². The van der Waals surface area contributed by atoms with E-state index in [9.17, 15) is 13.6 Å². The van der Waals surface area contributed by atoms with Crippen molar-refractivity contribution < 1.29 is 18.0 Å². The van der Waals surface area contributed by atoms with Gasteiger partial charge in [0.05, 0.1) is 5.56 Å². The summed E-state index contributed by atoms with van der Waals surface area (Å²) in [6, 6.07) is 20.6. The van der Waals surface area contributed by atoms with Crippen LogP contribution in [0.25, 0.3) is 11.0 Å². The van der Waals surface area contributed by atoms with Gasteiger partial charge in [0.2, 0.25) is 0 Å². The van der Waals surface area contributed by atoms with Gasteiger partial charge in [0.15, 0.2) is 0 Å². The summed E-state index contributed by atoms with van der Waals surface area (Å²) in [5.74, 6) is -1.68. The van der Waals surface area contributed by atoms with Crippen molar-refractivity contribution in [2.75, 3.05) is 0 Å². The van der Waals surface area contributed by atoms with E-state index < -0.39 is 23.6 Å². The summed E-state index contributed by atoms with van der Waals surface area (Å²) in [5, 5.41) is 3.64. The first-order valence-corrected chi connectivity index (χ1v) is 8.41. The van der Waals surface area contributed by atoms with Crippen molar-refractivity contribution in [3.63, 3.8) is 0 Å². The Morgan fingerprint density at radius 3 is 2.41 bits per heavy atom. The monoisotopic (exact) mass is 363 g/mol. The summed E-state index contributed by atoms with van der Waals surface area (Å²) in [4.78, 5) is 12.6. The fraction of sp³-hybridized carbons (Fsp3) is 0.0455. The number of carbonyl (C=O) groups is 1. The Balaban J connectivity index is 1.74. The smallest absolute Gasteiger partial charge is 0.255 e. The average Bonchev–Trinajstić information content (AvgIpc) is 3.12. The fourth-order valence-electron chi connectivity index (χ4n) is 2.99. The number of rotatable bonds is 4. The van der Waals surface area contributed by atoms with Gasteiger partial charge in [-0.2, -0.15) is 0 Å². The fourth-order valence-corrected chi connectivity index (χ4v) is 2.99. The van der Waals surface area contributed by atoms with Crippen LogP contribution in [0.2, 0.25) is 0 Å². The van der Waals surface area contributed by atoms with Gasteiger partial charge in [-0.3, -0.25) is 4.79 Å². The Morgan fingerprint density at radius 2 is 1.63 bits per heavy atom. The van der Waals surface area contributed by atoms with Gasteiger partial charge in [0.1, 0.15) is 29.0 Å². The molecule has 3 nitrogen and oxygen atoms in total. The Hall–Kier alpha value is -3.47. The molecule has 0 saturated carbocycles. The highest BCUT2D eigenvalue weighted by atomic mass is 19.1. The van der Waals surface area contributed by atoms with Crippen molar-refractivity contribution >= 4 is 16.9 Å². The molecule has 1 aromatic heterocycles. The van der Waals surface area contributed by atoms with Crippen molar-refractivity contribution in [1.29, 1.82) is 0 Å². The molecule has 3 aromatic carbocycles. The summed E-state index contributed by atoms with van der Waals surface area (Å²) < 4.78 is 33.3. The second-order valence-corrected chi connectivity index (χ2v) is 6.13. The molecule has 1 heterocycles. The molecule has 0 saturated heterocycles. The quantitative estimate of drug-likeness (QED) is 0.539. The number of nitrogens with one attached hydrogen (secondary N) is 1. The molecule has 1 amide bonds. The highest BCUT2D eigenvalue weighted by Gasteiger charge is 2.23. The van der Waals surface area contributed by atoms with Crippen molar-refractivity contribution in [2.24, 2.45) is 0 Å². The molecule has 1 N–H and O–H groups in total. The van der Waals surface area contributed by atoms with Gasteiger partial charge < -0.3 is 9.73 Å². The molecule has 0 aliphatic carbocycles. The number of benzene rings is 3. The van der Waals surface area contributed by atoms with Crippen LogP contribution in [0.15, 0.2) is 83.3 Å². The zero-order chi connectivity index (χ0) is 18.8. The lowest BCUT2D eigenvalue weighted by atomic mass is 10.0. The Morgan fingerprint density at radius 1 is 0.889 bits per heavy atom. The largest absolute Gasteiger partial charge is 0.459 e. The Bertz CT molecular complexity index is 1070. The number of fused-ring (bicyclic) bond motifs is 1. The molecule has 0 bridgehead atoms. The lowest BCUT2D eigenvalue weighted by Gasteiger charge is -2.17. The third-order valence-corrected chi connectivity index (χ3v) is 4.31. The summed E-state index contributed by atoms with van der Waals surface area (Å²) >= 11 is 0. The van der Waals surface area contributed by atoms with E-state index in [1.807, 2.05) is 60.7 Å². The molecular formula is C22H15F2NO2. The van der Waals surface area contributed by atoms with E-state index in [0.29, 0.717) is 11.3 Å². The van der Waals surface area contributed by atoms with E-state index in [1.165, 1.54) is 0 Å². The Labute approximate surface area is 154 Å². The van der Waals surface area contributed by atoms with E-state index in [2.05, 4.69) is 5.32 Å². The van der Waals surface area contributed by atoms with Crippen LogP contribution in [0.4, 0.5) is 8.78 Å². The van der Waals surface area contributed by atoms with Crippen LogP contribution in [-0.2, 0) is 0 Å². The maximum atomic E-state index is 14.0. The molecular weight excluding hydrogens is 348 g/mol. The SMILES string of the molecule is O=C(NC(c1ccccc1)c1cc2ccccc2o1)c1cc(F)ccc1F. The molecule has 0 spiro atoms. The number of halogens is 2. The van der Waals surface area contributed by atoms with Crippen molar-refractivity contribution in [1.82, 2.24) is 5.32 Å². The maximum absolute atomic E-state index is 14.0. The molecule has 4 rings (SSSR count). The number of furan rings is 1. The molecule has 27 heavy (non-hydrogen) atoms. The van der Waals surface area contributed by atoms with Crippen molar-refractivity contribution in [2.45, 2.75) is 6.04 Å². The molecule has 1 unspecified atom stereocenters. The van der Waals surface area contributed by atoms with Gasteiger partial charge in [-0.15, -0.1) is 0 Å². The molecule has 0 aliphatic rings. The molecule has 5 heteroatoms. The normalized spacial score (nSPS) is 12.1. The molecule has 0 fully saturated rings. The van der Waals surface area contributed by atoms with Gasteiger partial charge in [0, 0.05) is 5.39 Å². The first-order chi connectivity index (χ1) is 13.1. The third kappa shape index (κ3) is 3.44. The number of para-hydroxylation sites is 1. The topological polar surface area (TPSA) is 42.2 Å². The zero-order valence-corrected chi connectivity index (χ0v) is 14.2. The van der Waals surface area contributed by atoms with Crippen LogP contribution in [0, 0.1) is 11.6 Å². The number of amides is 1. The van der Waals surface area contributed by atoms with Crippen molar-refractivity contribution in [3.8, 4) is 0 Å².